The van der Waals surface area contributed by atoms with Crippen molar-refractivity contribution in [3.63, 3.8) is 0 Å². The summed E-state index contributed by atoms with van der Waals surface area (Å²) in [7, 11) is 0. The molecule has 0 aromatic rings. The summed E-state index contributed by atoms with van der Waals surface area (Å²) in [6, 6.07) is 0. The van der Waals surface area contributed by atoms with Crippen LogP contribution in [0.4, 0.5) is 0 Å². The van der Waals surface area contributed by atoms with Crippen LogP contribution in [-0.4, -0.2) is 30.3 Å². The van der Waals surface area contributed by atoms with E-state index >= 15 is 0 Å². The molecule has 1 aliphatic rings. The standard InChI is InChI=1S/C7H13NOS2/c1-11-5-9-4-6-2-3-8-7(6)10/h6H,2-5H2,1H3,(H,8,10). The Bertz CT molecular complexity index is 140. The molecule has 0 bridgehead atoms. The highest BCUT2D eigenvalue weighted by molar-refractivity contribution is 7.98. The molecule has 1 fully saturated rings. The topological polar surface area (TPSA) is 21.3 Å². The molecule has 2 nitrogen and oxygen atoms in total. The van der Waals surface area contributed by atoms with E-state index in [4.69, 9.17) is 17.0 Å². The second kappa shape index (κ2) is 4.95. The van der Waals surface area contributed by atoms with Crippen molar-refractivity contribution in [2.24, 2.45) is 5.92 Å². The molecule has 0 radical (unpaired) electrons. The average Bonchev–Trinajstić information content (AvgIpc) is 2.37. The molecule has 0 aromatic heterocycles. The molecule has 1 saturated heterocycles. The van der Waals surface area contributed by atoms with Gasteiger partial charge in [0.1, 0.15) is 0 Å². The maximum Gasteiger partial charge on any atom is 0.0918 e. The first-order chi connectivity index (χ1) is 5.34. The lowest BCUT2D eigenvalue weighted by molar-refractivity contribution is 0.163. The van der Waals surface area contributed by atoms with Crippen molar-refractivity contribution in [1.82, 2.24) is 5.32 Å². The van der Waals surface area contributed by atoms with E-state index in [0.29, 0.717) is 5.92 Å². The highest BCUT2D eigenvalue weighted by atomic mass is 32.2. The lowest BCUT2D eigenvalue weighted by Gasteiger charge is -2.07. The highest BCUT2D eigenvalue weighted by Crippen LogP contribution is 2.11. The van der Waals surface area contributed by atoms with Crippen LogP contribution >= 0.6 is 24.0 Å². The summed E-state index contributed by atoms with van der Waals surface area (Å²) in [4.78, 5) is 0.978. The number of nitrogens with one attached hydrogen (secondary N) is 1. The van der Waals surface area contributed by atoms with Crippen molar-refractivity contribution >= 4 is 29.0 Å². The Labute approximate surface area is 77.1 Å². The number of ether oxygens (including phenoxy) is 1. The third-order valence-electron chi connectivity index (χ3n) is 1.68. The smallest absolute Gasteiger partial charge is 0.0918 e. The zero-order chi connectivity index (χ0) is 8.10. The largest absolute Gasteiger partial charge is 0.379 e. The first kappa shape index (κ1) is 9.29. The predicted octanol–water partition coefficient (Wildman–Crippen LogP) is 1.26. The van der Waals surface area contributed by atoms with Gasteiger partial charge in [0.15, 0.2) is 0 Å². The van der Waals surface area contributed by atoms with Crippen molar-refractivity contribution < 1.29 is 4.74 Å². The van der Waals surface area contributed by atoms with E-state index in [0.717, 1.165) is 30.5 Å². The minimum atomic E-state index is 0.470. The summed E-state index contributed by atoms with van der Waals surface area (Å²) in [6.07, 6.45) is 3.17. The van der Waals surface area contributed by atoms with Crippen molar-refractivity contribution in [2.45, 2.75) is 6.42 Å². The van der Waals surface area contributed by atoms with Gasteiger partial charge in [-0.05, 0) is 12.7 Å². The van der Waals surface area contributed by atoms with Crippen LogP contribution in [0.3, 0.4) is 0 Å². The van der Waals surface area contributed by atoms with Gasteiger partial charge in [0.05, 0.1) is 17.5 Å². The fraction of sp³-hybridized carbons (Fsp3) is 0.857. The van der Waals surface area contributed by atoms with Gasteiger partial charge >= 0.3 is 0 Å². The summed E-state index contributed by atoms with van der Waals surface area (Å²) in [6.45, 7) is 1.80. The van der Waals surface area contributed by atoms with Crippen molar-refractivity contribution in [1.29, 1.82) is 0 Å². The third kappa shape index (κ3) is 2.97. The van der Waals surface area contributed by atoms with Crippen LogP contribution in [0.2, 0.25) is 0 Å². The second-order valence-electron chi connectivity index (χ2n) is 2.55. The molecule has 0 amide bonds. The zero-order valence-electron chi connectivity index (χ0n) is 6.63. The monoisotopic (exact) mass is 191 g/mol. The molecule has 1 rings (SSSR count). The maximum atomic E-state index is 5.37. The maximum absolute atomic E-state index is 5.37. The van der Waals surface area contributed by atoms with Gasteiger partial charge < -0.3 is 10.1 Å². The van der Waals surface area contributed by atoms with E-state index in [1.165, 1.54) is 0 Å². The molecule has 1 unspecified atom stereocenters. The lowest BCUT2D eigenvalue weighted by atomic mass is 10.1. The second-order valence-corrected chi connectivity index (χ2v) is 3.81. The molecule has 1 atom stereocenters. The molecule has 0 spiro atoms. The average molecular weight is 191 g/mol. The van der Waals surface area contributed by atoms with Gasteiger partial charge in [-0.25, -0.2) is 0 Å². The fourth-order valence-corrected chi connectivity index (χ4v) is 1.63. The van der Waals surface area contributed by atoms with E-state index in [-0.39, 0.29) is 0 Å². The van der Waals surface area contributed by atoms with E-state index < -0.39 is 0 Å². The van der Waals surface area contributed by atoms with Crippen LogP contribution in [0.1, 0.15) is 6.42 Å². The summed E-state index contributed by atoms with van der Waals surface area (Å²) in [5.41, 5.74) is 0. The van der Waals surface area contributed by atoms with Crippen LogP contribution in [-0.2, 0) is 4.74 Å². The van der Waals surface area contributed by atoms with Crippen LogP contribution < -0.4 is 5.32 Å². The first-order valence-corrected chi connectivity index (χ1v) is 5.49. The van der Waals surface area contributed by atoms with Gasteiger partial charge in [-0.3, -0.25) is 0 Å². The van der Waals surface area contributed by atoms with Gasteiger partial charge in [-0.2, -0.15) is 0 Å². The Morgan fingerprint density at radius 3 is 3.18 bits per heavy atom. The Balaban J connectivity index is 2.10. The van der Waals surface area contributed by atoms with Gasteiger partial charge in [-0.1, -0.05) is 12.2 Å². The van der Waals surface area contributed by atoms with Gasteiger partial charge in [0, 0.05) is 12.5 Å². The van der Waals surface area contributed by atoms with E-state index in [2.05, 4.69) is 5.32 Å². The lowest BCUT2D eigenvalue weighted by Crippen LogP contribution is -2.20. The van der Waals surface area contributed by atoms with Gasteiger partial charge in [-0.15, -0.1) is 11.8 Å². The van der Waals surface area contributed by atoms with Crippen LogP contribution in [0, 0.1) is 5.92 Å². The van der Waals surface area contributed by atoms with Crippen molar-refractivity contribution in [3.8, 4) is 0 Å². The Morgan fingerprint density at radius 2 is 2.64 bits per heavy atom. The molecule has 4 heteroatoms. The normalized spacial score (nSPS) is 23.7. The molecule has 1 aliphatic heterocycles. The Morgan fingerprint density at radius 1 is 1.82 bits per heavy atom. The predicted molar refractivity (Wildman–Crippen MR) is 53.0 cm³/mol. The van der Waals surface area contributed by atoms with Crippen LogP contribution in [0.5, 0.6) is 0 Å². The van der Waals surface area contributed by atoms with Crippen molar-refractivity contribution in [2.75, 3.05) is 25.3 Å². The molecule has 11 heavy (non-hydrogen) atoms. The number of thiocarbonyl (C=S) groups is 1. The molecule has 0 aliphatic carbocycles. The molecular weight excluding hydrogens is 178 g/mol. The number of hydrogen-bond acceptors (Lipinski definition) is 3. The first-order valence-electron chi connectivity index (χ1n) is 3.69. The van der Waals surface area contributed by atoms with Crippen LogP contribution in [0.25, 0.3) is 0 Å². The number of thioether (sulfide) groups is 1. The van der Waals surface area contributed by atoms with Crippen molar-refractivity contribution in [3.05, 3.63) is 0 Å². The molecule has 0 saturated carbocycles. The summed E-state index contributed by atoms with van der Waals surface area (Å²) in [5, 5.41) is 3.14. The van der Waals surface area contributed by atoms with Gasteiger partial charge in [0.25, 0.3) is 0 Å². The Hall–Kier alpha value is 0.200. The van der Waals surface area contributed by atoms with E-state index in [9.17, 15) is 0 Å². The minimum absolute atomic E-state index is 0.470. The quantitative estimate of drug-likeness (QED) is 0.410. The molecule has 0 aromatic carbocycles. The summed E-state index contributed by atoms with van der Waals surface area (Å²) < 4.78 is 5.37. The van der Waals surface area contributed by atoms with Gasteiger partial charge in [0.2, 0.25) is 0 Å². The molecule has 1 heterocycles. The SMILES string of the molecule is CSCOCC1CCNC1=S. The zero-order valence-corrected chi connectivity index (χ0v) is 8.26. The summed E-state index contributed by atoms with van der Waals surface area (Å²) >= 11 is 6.79. The van der Waals surface area contributed by atoms with E-state index in [1.54, 1.807) is 11.8 Å². The Kier molecular flexibility index (Phi) is 4.18. The van der Waals surface area contributed by atoms with E-state index in [1.807, 2.05) is 6.26 Å². The number of rotatable bonds is 4. The minimum Gasteiger partial charge on any atom is -0.379 e. The molecule has 1 N–H and O–H groups in total. The number of hydrogen-bond donors (Lipinski definition) is 1. The fourth-order valence-electron chi connectivity index (χ4n) is 1.08. The van der Waals surface area contributed by atoms with Crippen LogP contribution in [0.15, 0.2) is 0 Å². The summed E-state index contributed by atoms with van der Waals surface area (Å²) in [5.74, 6) is 1.25. The molecular formula is C7H13NOS2. The molecule has 64 valence electrons. The third-order valence-corrected chi connectivity index (χ3v) is 2.56. The highest BCUT2D eigenvalue weighted by Gasteiger charge is 2.19.